The predicted molar refractivity (Wildman–Crippen MR) is 112 cm³/mol. The van der Waals surface area contributed by atoms with Gasteiger partial charge in [0.05, 0.1) is 17.1 Å². The molecular formula is C21H19ClF3N3OS. The van der Waals surface area contributed by atoms with Gasteiger partial charge in [0.2, 0.25) is 5.91 Å². The van der Waals surface area contributed by atoms with Gasteiger partial charge in [-0.25, -0.2) is 4.98 Å². The van der Waals surface area contributed by atoms with Crippen molar-refractivity contribution >= 4 is 29.3 Å². The number of nitrogens with zero attached hydrogens (tertiary/aromatic N) is 2. The molecule has 0 aliphatic heterocycles. The lowest BCUT2D eigenvalue weighted by Gasteiger charge is -2.16. The number of thioether (sulfide) groups is 1. The van der Waals surface area contributed by atoms with Crippen LogP contribution in [0.2, 0.25) is 5.02 Å². The summed E-state index contributed by atoms with van der Waals surface area (Å²) in [5.74, 6) is -0.294. The Balaban J connectivity index is 1.73. The number of carbonyl (C=O) groups excluding carboxylic acids is 1. The van der Waals surface area contributed by atoms with Crippen LogP contribution in [-0.2, 0) is 17.9 Å². The molecule has 1 amide bonds. The zero-order valence-electron chi connectivity index (χ0n) is 16.0. The summed E-state index contributed by atoms with van der Waals surface area (Å²) in [7, 11) is 0. The van der Waals surface area contributed by atoms with E-state index in [9.17, 15) is 18.0 Å². The maximum atomic E-state index is 13.2. The normalized spacial score (nSPS) is 12.6. The molecule has 2 aromatic carbocycles. The summed E-state index contributed by atoms with van der Waals surface area (Å²) in [6.07, 6.45) is -3.01. The fourth-order valence-corrected chi connectivity index (χ4v) is 3.81. The van der Waals surface area contributed by atoms with Gasteiger partial charge in [-0.15, -0.1) is 0 Å². The summed E-state index contributed by atoms with van der Waals surface area (Å²) < 4.78 is 40.6. The van der Waals surface area contributed by atoms with Gasteiger partial charge in [0.15, 0.2) is 5.16 Å². The summed E-state index contributed by atoms with van der Waals surface area (Å²) >= 11 is 6.83. The van der Waals surface area contributed by atoms with Crippen molar-refractivity contribution in [2.24, 2.45) is 0 Å². The Morgan fingerprint density at radius 3 is 2.47 bits per heavy atom. The Bertz CT molecular complexity index is 991. The Morgan fingerprint density at radius 1 is 1.17 bits per heavy atom. The molecule has 1 aromatic heterocycles. The van der Waals surface area contributed by atoms with Gasteiger partial charge in [0.1, 0.15) is 6.54 Å². The minimum absolute atomic E-state index is 0.139. The third kappa shape index (κ3) is 6.03. The van der Waals surface area contributed by atoms with Crippen molar-refractivity contribution in [3.8, 4) is 11.3 Å². The number of benzene rings is 2. The molecule has 1 heterocycles. The van der Waals surface area contributed by atoms with Gasteiger partial charge in [-0.3, -0.25) is 4.79 Å². The van der Waals surface area contributed by atoms with E-state index in [1.807, 2.05) is 0 Å². The van der Waals surface area contributed by atoms with Crippen molar-refractivity contribution in [2.75, 3.05) is 0 Å². The maximum Gasteiger partial charge on any atom is 0.406 e. The molecule has 0 aliphatic rings. The van der Waals surface area contributed by atoms with Crippen LogP contribution in [0.5, 0.6) is 0 Å². The number of imidazole rings is 1. The van der Waals surface area contributed by atoms with Gasteiger partial charge in [-0.05, 0) is 30.2 Å². The number of alkyl halides is 3. The second-order valence-electron chi connectivity index (χ2n) is 6.60. The van der Waals surface area contributed by atoms with E-state index in [0.29, 0.717) is 22.8 Å². The number of hydrogen-bond donors (Lipinski definition) is 1. The molecule has 158 valence electrons. The lowest BCUT2D eigenvalue weighted by atomic mass is 10.2. The maximum absolute atomic E-state index is 13.2. The van der Waals surface area contributed by atoms with Crippen LogP contribution < -0.4 is 5.32 Å². The highest BCUT2D eigenvalue weighted by Crippen LogP contribution is 2.31. The van der Waals surface area contributed by atoms with Crippen LogP contribution in [-0.4, -0.2) is 26.9 Å². The quantitative estimate of drug-likeness (QED) is 0.476. The van der Waals surface area contributed by atoms with E-state index in [2.05, 4.69) is 10.3 Å². The van der Waals surface area contributed by atoms with Crippen LogP contribution in [0, 0.1) is 0 Å². The molecule has 4 nitrogen and oxygen atoms in total. The van der Waals surface area contributed by atoms with Crippen LogP contribution in [0.4, 0.5) is 13.2 Å². The van der Waals surface area contributed by atoms with Crippen LogP contribution in [0.15, 0.2) is 66.0 Å². The van der Waals surface area contributed by atoms with Gasteiger partial charge < -0.3 is 9.88 Å². The Kier molecular flexibility index (Phi) is 7.10. The molecule has 1 atom stereocenters. The summed E-state index contributed by atoms with van der Waals surface area (Å²) in [6, 6.07) is 15.8. The standard InChI is InChI=1S/C21H19ClF3N3OS/c1-14(19(29)26-11-15-7-9-17(22)10-8-15)30-20-27-12-18(16-5-3-2-4-6-16)28(20)13-21(23,24)25/h2-10,12,14H,11,13H2,1H3,(H,26,29). The first-order valence-electron chi connectivity index (χ1n) is 9.09. The highest BCUT2D eigenvalue weighted by atomic mass is 35.5. The molecule has 1 unspecified atom stereocenters. The lowest BCUT2D eigenvalue weighted by Crippen LogP contribution is -2.30. The summed E-state index contributed by atoms with van der Waals surface area (Å²) in [4.78, 5) is 16.6. The lowest BCUT2D eigenvalue weighted by molar-refractivity contribution is -0.141. The fourth-order valence-electron chi connectivity index (χ4n) is 2.77. The third-order valence-electron chi connectivity index (χ3n) is 4.26. The second-order valence-corrected chi connectivity index (χ2v) is 8.34. The van der Waals surface area contributed by atoms with Crippen molar-refractivity contribution in [2.45, 2.75) is 36.6 Å². The summed E-state index contributed by atoms with van der Waals surface area (Å²) in [6.45, 7) is 0.752. The number of amides is 1. The largest absolute Gasteiger partial charge is 0.406 e. The number of halogens is 4. The molecule has 3 rings (SSSR count). The topological polar surface area (TPSA) is 46.9 Å². The Hall–Kier alpha value is -2.45. The molecule has 0 aliphatic carbocycles. The fraction of sp³-hybridized carbons (Fsp3) is 0.238. The second kappa shape index (κ2) is 9.57. The average Bonchev–Trinajstić information content (AvgIpc) is 3.08. The minimum Gasteiger partial charge on any atom is -0.351 e. The van der Waals surface area contributed by atoms with Crippen molar-refractivity contribution in [3.63, 3.8) is 0 Å². The van der Waals surface area contributed by atoms with Gasteiger partial charge in [0.25, 0.3) is 0 Å². The SMILES string of the molecule is CC(Sc1ncc(-c2ccccc2)n1CC(F)(F)F)C(=O)NCc1ccc(Cl)cc1. The van der Waals surface area contributed by atoms with Crippen LogP contribution in [0.3, 0.4) is 0 Å². The summed E-state index contributed by atoms with van der Waals surface area (Å²) in [5, 5.41) is 2.89. The molecule has 9 heteroatoms. The molecule has 0 saturated heterocycles. The summed E-state index contributed by atoms with van der Waals surface area (Å²) in [5.41, 5.74) is 1.85. The van der Waals surface area contributed by atoms with Crippen molar-refractivity contribution in [1.29, 1.82) is 0 Å². The van der Waals surface area contributed by atoms with Crippen molar-refractivity contribution < 1.29 is 18.0 Å². The van der Waals surface area contributed by atoms with E-state index >= 15 is 0 Å². The zero-order chi connectivity index (χ0) is 21.7. The van der Waals surface area contributed by atoms with Crippen LogP contribution in [0.25, 0.3) is 11.3 Å². The third-order valence-corrected chi connectivity index (χ3v) is 5.61. The molecule has 30 heavy (non-hydrogen) atoms. The van der Waals surface area contributed by atoms with E-state index < -0.39 is 18.0 Å². The number of hydrogen-bond acceptors (Lipinski definition) is 3. The molecule has 0 saturated carbocycles. The molecule has 1 N–H and O–H groups in total. The first kappa shape index (κ1) is 22.2. The molecule has 0 spiro atoms. The Labute approximate surface area is 181 Å². The van der Waals surface area contributed by atoms with Crippen molar-refractivity contribution in [3.05, 3.63) is 71.4 Å². The number of rotatable bonds is 7. The molecular weight excluding hydrogens is 435 g/mol. The predicted octanol–water partition coefficient (Wildman–Crippen LogP) is 5.56. The first-order valence-corrected chi connectivity index (χ1v) is 10.4. The monoisotopic (exact) mass is 453 g/mol. The first-order chi connectivity index (χ1) is 14.2. The van der Waals surface area contributed by atoms with E-state index in [4.69, 9.17) is 11.6 Å². The highest BCUT2D eigenvalue weighted by molar-refractivity contribution is 8.00. The number of aromatic nitrogens is 2. The molecule has 0 fully saturated rings. The van der Waals surface area contributed by atoms with E-state index in [1.165, 1.54) is 6.20 Å². The minimum atomic E-state index is -4.42. The van der Waals surface area contributed by atoms with Gasteiger partial charge in [0, 0.05) is 11.6 Å². The van der Waals surface area contributed by atoms with Crippen molar-refractivity contribution in [1.82, 2.24) is 14.9 Å². The van der Waals surface area contributed by atoms with Gasteiger partial charge >= 0.3 is 6.18 Å². The average molecular weight is 454 g/mol. The smallest absolute Gasteiger partial charge is 0.351 e. The van der Waals surface area contributed by atoms with Crippen LogP contribution >= 0.6 is 23.4 Å². The molecule has 3 aromatic rings. The van der Waals surface area contributed by atoms with Crippen LogP contribution in [0.1, 0.15) is 12.5 Å². The Morgan fingerprint density at radius 2 is 1.83 bits per heavy atom. The van der Waals surface area contributed by atoms with Gasteiger partial charge in [-0.2, -0.15) is 13.2 Å². The zero-order valence-corrected chi connectivity index (χ0v) is 17.6. The molecule has 0 bridgehead atoms. The number of carbonyl (C=O) groups is 1. The number of nitrogens with one attached hydrogen (secondary N) is 1. The van der Waals surface area contributed by atoms with Gasteiger partial charge in [-0.1, -0.05) is 65.8 Å². The highest BCUT2D eigenvalue weighted by Gasteiger charge is 2.31. The molecule has 0 radical (unpaired) electrons. The van der Waals surface area contributed by atoms with E-state index in [1.54, 1.807) is 61.5 Å². The van der Waals surface area contributed by atoms with E-state index in [0.717, 1.165) is 21.9 Å². The van der Waals surface area contributed by atoms with E-state index in [-0.39, 0.29) is 11.1 Å².